The van der Waals surface area contributed by atoms with Crippen LogP contribution in [0, 0.1) is 0 Å². The van der Waals surface area contributed by atoms with Crippen LogP contribution < -0.4 is 0 Å². The summed E-state index contributed by atoms with van der Waals surface area (Å²) in [6, 6.07) is 14.3. The Labute approximate surface area is 203 Å². The molecule has 1 saturated heterocycles. The van der Waals surface area contributed by atoms with Crippen molar-refractivity contribution in [3.63, 3.8) is 0 Å². The Hall–Kier alpha value is -3.27. The van der Waals surface area contributed by atoms with Gasteiger partial charge in [-0.3, -0.25) is 4.79 Å². The van der Waals surface area contributed by atoms with Crippen LogP contribution in [-0.2, 0) is 29.5 Å². The molecule has 1 aromatic carbocycles. The fourth-order valence-corrected chi connectivity index (χ4v) is 4.75. The molecule has 180 valence electrons. The first-order valence-electron chi connectivity index (χ1n) is 11.4. The van der Waals surface area contributed by atoms with Gasteiger partial charge in [0.2, 0.25) is 5.91 Å². The van der Waals surface area contributed by atoms with E-state index in [0.717, 1.165) is 22.2 Å². The normalized spacial score (nSPS) is 13.8. The molecule has 1 aliphatic rings. The molecule has 0 bridgehead atoms. The van der Waals surface area contributed by atoms with Gasteiger partial charge in [-0.25, -0.2) is 4.79 Å². The third-order valence-corrected chi connectivity index (χ3v) is 6.80. The van der Waals surface area contributed by atoms with E-state index in [-0.39, 0.29) is 17.8 Å². The van der Waals surface area contributed by atoms with Gasteiger partial charge in [0.15, 0.2) is 5.16 Å². The Morgan fingerprint density at radius 2 is 1.74 bits per heavy atom. The highest BCUT2D eigenvalue weighted by molar-refractivity contribution is 7.99. The first-order chi connectivity index (χ1) is 16.5. The minimum absolute atomic E-state index is 0.0340. The van der Waals surface area contributed by atoms with Gasteiger partial charge in [-0.05, 0) is 24.6 Å². The number of hydrogen-bond acceptors (Lipinski definition) is 6. The molecular formula is C24H30N6O3S. The zero-order valence-corrected chi connectivity index (χ0v) is 20.4. The quantitative estimate of drug-likeness (QED) is 0.459. The van der Waals surface area contributed by atoms with E-state index in [4.69, 9.17) is 4.74 Å². The number of amides is 2. The van der Waals surface area contributed by atoms with Crippen LogP contribution in [0.1, 0.15) is 24.0 Å². The van der Waals surface area contributed by atoms with Crippen molar-refractivity contribution in [2.45, 2.75) is 25.0 Å². The highest BCUT2D eigenvalue weighted by Crippen LogP contribution is 2.21. The molecule has 2 amide bonds. The lowest BCUT2D eigenvalue weighted by molar-refractivity contribution is -0.129. The Morgan fingerprint density at radius 1 is 1.00 bits per heavy atom. The van der Waals surface area contributed by atoms with E-state index in [1.54, 1.807) is 16.7 Å². The van der Waals surface area contributed by atoms with Gasteiger partial charge in [-0.15, -0.1) is 10.2 Å². The lowest BCUT2D eigenvalue weighted by Gasteiger charge is -2.34. The largest absolute Gasteiger partial charge is 0.450 e. The van der Waals surface area contributed by atoms with Gasteiger partial charge in [-0.2, -0.15) is 0 Å². The summed E-state index contributed by atoms with van der Waals surface area (Å²) in [4.78, 5) is 28.2. The molecule has 0 N–H and O–H groups in total. The summed E-state index contributed by atoms with van der Waals surface area (Å²) < 4.78 is 9.22. The van der Waals surface area contributed by atoms with Crippen molar-refractivity contribution >= 4 is 23.8 Å². The van der Waals surface area contributed by atoms with Crippen LogP contribution in [0.4, 0.5) is 4.79 Å². The number of carbonyl (C=O) groups is 2. The Bertz CT molecular complexity index is 1110. The number of ether oxygens (including phenoxy) is 1. The molecule has 3 aromatic rings. The zero-order valence-electron chi connectivity index (χ0n) is 19.6. The topological polar surface area (TPSA) is 85.5 Å². The zero-order chi connectivity index (χ0) is 23.9. The SMILES string of the molecule is CCOC(=O)N1CCN(C(=O)CSc2nnc(Cc3cccn3C)n2Cc2ccccc2)CC1. The number of nitrogens with zero attached hydrogens (tertiary/aromatic N) is 6. The molecule has 0 aliphatic carbocycles. The van der Waals surface area contributed by atoms with Crippen LogP contribution in [-0.4, -0.2) is 79.7 Å². The second-order valence-corrected chi connectivity index (χ2v) is 9.06. The van der Waals surface area contributed by atoms with E-state index >= 15 is 0 Å². The van der Waals surface area contributed by atoms with Crippen molar-refractivity contribution in [1.29, 1.82) is 0 Å². The Kier molecular flexibility index (Phi) is 7.89. The summed E-state index contributed by atoms with van der Waals surface area (Å²) in [7, 11) is 2.02. The molecule has 0 saturated carbocycles. The monoisotopic (exact) mass is 482 g/mol. The summed E-state index contributed by atoms with van der Waals surface area (Å²) in [5, 5.41) is 9.61. The third kappa shape index (κ3) is 5.80. The van der Waals surface area contributed by atoms with E-state index in [1.807, 2.05) is 37.5 Å². The number of carbonyl (C=O) groups excluding carboxylic acids is 2. The highest BCUT2D eigenvalue weighted by atomic mass is 32.2. The number of aryl methyl sites for hydroxylation is 1. The molecule has 0 radical (unpaired) electrons. The van der Waals surface area contributed by atoms with Gasteiger partial charge in [0.25, 0.3) is 0 Å². The van der Waals surface area contributed by atoms with Crippen molar-refractivity contribution < 1.29 is 14.3 Å². The van der Waals surface area contributed by atoms with E-state index in [2.05, 4.69) is 37.5 Å². The van der Waals surface area contributed by atoms with Crippen LogP contribution in [0.2, 0.25) is 0 Å². The molecule has 34 heavy (non-hydrogen) atoms. The number of aromatic nitrogens is 4. The van der Waals surface area contributed by atoms with Gasteiger partial charge in [0.1, 0.15) is 5.82 Å². The van der Waals surface area contributed by atoms with Crippen LogP contribution in [0.25, 0.3) is 0 Å². The first-order valence-corrected chi connectivity index (χ1v) is 12.4. The lowest BCUT2D eigenvalue weighted by atomic mass is 10.2. The van der Waals surface area contributed by atoms with Crippen LogP contribution in [0.5, 0.6) is 0 Å². The van der Waals surface area contributed by atoms with Crippen molar-refractivity contribution in [3.05, 3.63) is 65.7 Å². The van der Waals surface area contributed by atoms with Gasteiger partial charge < -0.3 is 23.7 Å². The smallest absolute Gasteiger partial charge is 0.409 e. The third-order valence-electron chi connectivity index (χ3n) is 5.85. The maximum atomic E-state index is 12.9. The van der Waals surface area contributed by atoms with Gasteiger partial charge >= 0.3 is 6.09 Å². The molecule has 4 rings (SSSR count). The van der Waals surface area contributed by atoms with Gasteiger partial charge in [-0.1, -0.05) is 42.1 Å². The number of hydrogen-bond donors (Lipinski definition) is 0. The number of rotatable bonds is 8. The fraction of sp³-hybridized carbons (Fsp3) is 0.417. The van der Waals surface area contributed by atoms with Crippen LogP contribution >= 0.6 is 11.8 Å². The predicted molar refractivity (Wildman–Crippen MR) is 130 cm³/mol. The van der Waals surface area contributed by atoms with E-state index in [1.165, 1.54) is 11.8 Å². The average Bonchev–Trinajstić information content (AvgIpc) is 3.44. The van der Waals surface area contributed by atoms with E-state index < -0.39 is 0 Å². The number of thioether (sulfide) groups is 1. The molecule has 9 nitrogen and oxygen atoms in total. The van der Waals surface area contributed by atoms with Crippen LogP contribution in [0.15, 0.2) is 53.8 Å². The van der Waals surface area contributed by atoms with Crippen molar-refractivity contribution in [2.24, 2.45) is 7.05 Å². The second-order valence-electron chi connectivity index (χ2n) is 8.11. The summed E-state index contributed by atoms with van der Waals surface area (Å²) >= 11 is 1.41. The van der Waals surface area contributed by atoms with E-state index in [9.17, 15) is 9.59 Å². The van der Waals surface area contributed by atoms with Crippen molar-refractivity contribution in [3.8, 4) is 0 Å². The maximum absolute atomic E-state index is 12.9. The average molecular weight is 483 g/mol. The van der Waals surface area contributed by atoms with Crippen LogP contribution in [0.3, 0.4) is 0 Å². The molecule has 1 fully saturated rings. The highest BCUT2D eigenvalue weighted by Gasteiger charge is 2.25. The fourth-order valence-electron chi connectivity index (χ4n) is 3.89. The molecule has 3 heterocycles. The summed E-state index contributed by atoms with van der Waals surface area (Å²) in [6.45, 7) is 4.77. The molecular weight excluding hydrogens is 452 g/mol. The summed E-state index contributed by atoms with van der Waals surface area (Å²) in [5.41, 5.74) is 2.30. The van der Waals surface area contributed by atoms with E-state index in [0.29, 0.717) is 45.8 Å². The summed E-state index contributed by atoms with van der Waals surface area (Å²) in [5.74, 6) is 1.17. The lowest BCUT2D eigenvalue weighted by Crippen LogP contribution is -2.51. The standard InChI is InChI=1S/C24H30N6O3S/c1-3-33-24(32)29-14-12-28(13-15-29)22(31)18-34-23-26-25-21(16-20-10-7-11-27(20)2)30(23)17-19-8-5-4-6-9-19/h4-11H,3,12-18H2,1-2H3. The van der Waals surface area contributed by atoms with Gasteiger partial charge in [0.05, 0.1) is 18.9 Å². The van der Waals surface area contributed by atoms with Gasteiger partial charge in [0, 0.05) is 51.5 Å². The predicted octanol–water partition coefficient (Wildman–Crippen LogP) is 2.65. The maximum Gasteiger partial charge on any atom is 0.409 e. The molecule has 1 aliphatic heterocycles. The number of benzene rings is 1. The van der Waals surface area contributed by atoms with Crippen molar-refractivity contribution in [2.75, 3.05) is 38.5 Å². The Morgan fingerprint density at radius 3 is 2.41 bits per heavy atom. The molecule has 0 unspecified atom stereocenters. The molecule has 2 aromatic heterocycles. The minimum Gasteiger partial charge on any atom is -0.450 e. The minimum atomic E-state index is -0.316. The first kappa shape index (κ1) is 23.9. The Balaban J connectivity index is 1.41. The van der Waals surface area contributed by atoms with Crippen molar-refractivity contribution in [1.82, 2.24) is 29.1 Å². The molecule has 0 spiro atoms. The summed E-state index contributed by atoms with van der Waals surface area (Å²) in [6.07, 6.45) is 2.36. The molecule has 0 atom stereocenters. The number of piperazine rings is 1. The second kappa shape index (κ2) is 11.2. The molecule has 10 heteroatoms.